The van der Waals surface area contributed by atoms with Gasteiger partial charge in [0.15, 0.2) is 0 Å². The highest BCUT2D eigenvalue weighted by molar-refractivity contribution is 6.30. The second-order valence-corrected chi connectivity index (χ2v) is 6.74. The Hall–Kier alpha value is -1.30. The van der Waals surface area contributed by atoms with E-state index in [1.807, 2.05) is 38.2 Å². The van der Waals surface area contributed by atoms with Crippen molar-refractivity contribution in [2.45, 2.75) is 25.8 Å². The minimum Gasteiger partial charge on any atom is -0.379 e. The number of halogens is 1. The third kappa shape index (κ3) is 6.30. The van der Waals surface area contributed by atoms with E-state index in [-0.39, 0.29) is 12.1 Å². The summed E-state index contributed by atoms with van der Waals surface area (Å²) in [6.45, 7) is 7.55. The van der Waals surface area contributed by atoms with Crippen molar-refractivity contribution in [3.63, 3.8) is 0 Å². The number of morpholine rings is 1. The number of nitrogens with zero attached hydrogens (tertiary/aromatic N) is 2. The van der Waals surface area contributed by atoms with Crippen molar-refractivity contribution in [1.82, 2.24) is 15.1 Å². The van der Waals surface area contributed by atoms with Crippen LogP contribution in [0.4, 0.5) is 4.79 Å². The molecule has 1 aliphatic heterocycles. The Kier molecular flexibility index (Phi) is 7.82. The van der Waals surface area contributed by atoms with E-state index in [0.29, 0.717) is 5.02 Å². The number of rotatable bonds is 7. The first kappa shape index (κ1) is 19.0. The molecule has 0 bridgehead atoms. The third-order valence-corrected chi connectivity index (χ3v) is 4.63. The molecule has 0 aliphatic carbocycles. The summed E-state index contributed by atoms with van der Waals surface area (Å²) in [6.07, 6.45) is 2.11. The zero-order valence-electron chi connectivity index (χ0n) is 14.6. The largest absolute Gasteiger partial charge is 0.379 e. The fourth-order valence-electron chi connectivity index (χ4n) is 2.74. The summed E-state index contributed by atoms with van der Waals surface area (Å²) in [5.41, 5.74) is 1.05. The fourth-order valence-corrected chi connectivity index (χ4v) is 2.87. The Morgan fingerprint density at radius 2 is 1.96 bits per heavy atom. The van der Waals surface area contributed by atoms with Crippen molar-refractivity contribution >= 4 is 17.6 Å². The van der Waals surface area contributed by atoms with Gasteiger partial charge in [-0.15, -0.1) is 0 Å². The van der Waals surface area contributed by atoms with Gasteiger partial charge in [0, 0.05) is 31.7 Å². The van der Waals surface area contributed by atoms with Gasteiger partial charge in [0.05, 0.1) is 19.3 Å². The van der Waals surface area contributed by atoms with Gasteiger partial charge >= 0.3 is 6.03 Å². The highest BCUT2D eigenvalue weighted by atomic mass is 35.5. The lowest BCUT2D eigenvalue weighted by Crippen LogP contribution is -2.39. The predicted octanol–water partition coefficient (Wildman–Crippen LogP) is 3.15. The summed E-state index contributed by atoms with van der Waals surface area (Å²) in [4.78, 5) is 16.4. The lowest BCUT2D eigenvalue weighted by atomic mass is 10.1. The third-order valence-electron chi connectivity index (χ3n) is 4.38. The number of carbonyl (C=O) groups is 1. The molecule has 0 spiro atoms. The monoisotopic (exact) mass is 353 g/mol. The minimum absolute atomic E-state index is 0.0365. The molecule has 5 nitrogen and oxygen atoms in total. The predicted molar refractivity (Wildman–Crippen MR) is 97.5 cm³/mol. The van der Waals surface area contributed by atoms with Gasteiger partial charge in [-0.05, 0) is 44.0 Å². The van der Waals surface area contributed by atoms with Crippen molar-refractivity contribution in [1.29, 1.82) is 0 Å². The lowest BCUT2D eigenvalue weighted by Gasteiger charge is -2.27. The van der Waals surface area contributed by atoms with Gasteiger partial charge in [0.1, 0.15) is 0 Å². The molecular formula is C18H28ClN3O2. The van der Waals surface area contributed by atoms with E-state index < -0.39 is 0 Å². The molecule has 24 heavy (non-hydrogen) atoms. The maximum atomic E-state index is 12.3. The van der Waals surface area contributed by atoms with Gasteiger partial charge in [-0.25, -0.2) is 4.79 Å². The second-order valence-electron chi connectivity index (χ2n) is 6.31. The van der Waals surface area contributed by atoms with Crippen molar-refractivity contribution < 1.29 is 9.53 Å². The van der Waals surface area contributed by atoms with Gasteiger partial charge in [0.25, 0.3) is 0 Å². The van der Waals surface area contributed by atoms with Crippen LogP contribution < -0.4 is 5.32 Å². The van der Waals surface area contributed by atoms with Crippen molar-refractivity contribution in [3.8, 4) is 0 Å². The molecule has 1 heterocycles. The van der Waals surface area contributed by atoms with Crippen LogP contribution in [0.3, 0.4) is 0 Å². The van der Waals surface area contributed by atoms with E-state index in [2.05, 4.69) is 10.2 Å². The Morgan fingerprint density at radius 1 is 1.29 bits per heavy atom. The number of hydrogen-bond donors (Lipinski definition) is 1. The van der Waals surface area contributed by atoms with Gasteiger partial charge in [0.2, 0.25) is 0 Å². The van der Waals surface area contributed by atoms with E-state index >= 15 is 0 Å². The van der Waals surface area contributed by atoms with E-state index in [9.17, 15) is 4.79 Å². The molecule has 1 aliphatic rings. The fraction of sp³-hybridized carbons (Fsp3) is 0.611. The summed E-state index contributed by atoms with van der Waals surface area (Å²) < 4.78 is 5.35. The van der Waals surface area contributed by atoms with Crippen LogP contribution in [0.15, 0.2) is 24.3 Å². The van der Waals surface area contributed by atoms with E-state index in [4.69, 9.17) is 16.3 Å². The quantitative estimate of drug-likeness (QED) is 0.766. The molecule has 0 unspecified atom stereocenters. The van der Waals surface area contributed by atoms with Gasteiger partial charge in [-0.2, -0.15) is 0 Å². The highest BCUT2D eigenvalue weighted by Gasteiger charge is 2.14. The number of benzene rings is 1. The Labute approximate surface area is 149 Å². The molecule has 0 radical (unpaired) electrons. The summed E-state index contributed by atoms with van der Waals surface area (Å²) in [5, 5.41) is 3.73. The first-order chi connectivity index (χ1) is 11.6. The summed E-state index contributed by atoms with van der Waals surface area (Å²) in [7, 11) is 1.85. The number of carbonyl (C=O) groups excluding carboxylic acids is 1. The standard InChI is InChI=1S/C18H28ClN3O2/c1-15(16-5-7-17(19)8-6-16)20-18(23)21(2)9-3-4-10-22-11-13-24-14-12-22/h5-8,15H,3-4,9-14H2,1-2H3,(H,20,23)/t15-/m1/s1. The molecule has 0 aromatic heterocycles. The van der Waals surface area contributed by atoms with Crippen LogP contribution in [-0.2, 0) is 4.74 Å². The first-order valence-electron chi connectivity index (χ1n) is 8.63. The molecule has 2 rings (SSSR count). The molecule has 1 saturated heterocycles. The van der Waals surface area contributed by atoms with Gasteiger partial charge in [-0.1, -0.05) is 23.7 Å². The number of hydrogen-bond acceptors (Lipinski definition) is 3. The van der Waals surface area contributed by atoms with Crippen LogP contribution in [0.25, 0.3) is 0 Å². The Balaban J connectivity index is 1.64. The number of nitrogens with one attached hydrogen (secondary N) is 1. The highest BCUT2D eigenvalue weighted by Crippen LogP contribution is 2.16. The molecule has 1 atom stereocenters. The molecule has 134 valence electrons. The second kappa shape index (κ2) is 9.87. The number of urea groups is 1. The zero-order valence-corrected chi connectivity index (χ0v) is 15.4. The summed E-state index contributed by atoms with van der Waals surface area (Å²) in [5.74, 6) is 0. The average molecular weight is 354 g/mol. The topological polar surface area (TPSA) is 44.8 Å². The van der Waals surface area contributed by atoms with Crippen LogP contribution in [0.5, 0.6) is 0 Å². The van der Waals surface area contributed by atoms with Gasteiger partial charge in [-0.3, -0.25) is 4.90 Å². The zero-order chi connectivity index (χ0) is 17.4. The van der Waals surface area contributed by atoms with Gasteiger partial charge < -0.3 is 15.0 Å². The first-order valence-corrected chi connectivity index (χ1v) is 9.01. The van der Waals surface area contributed by atoms with E-state index in [1.54, 1.807) is 4.90 Å². The summed E-state index contributed by atoms with van der Waals surface area (Å²) in [6, 6.07) is 7.49. The maximum Gasteiger partial charge on any atom is 0.317 e. The van der Waals surface area contributed by atoms with Crippen molar-refractivity contribution in [2.24, 2.45) is 0 Å². The molecule has 6 heteroatoms. The Bertz CT molecular complexity index is 503. The van der Waals surface area contributed by atoms with Crippen LogP contribution >= 0.6 is 11.6 Å². The smallest absolute Gasteiger partial charge is 0.317 e. The molecule has 0 saturated carbocycles. The molecule has 1 N–H and O–H groups in total. The Morgan fingerprint density at radius 3 is 2.62 bits per heavy atom. The number of ether oxygens (including phenoxy) is 1. The van der Waals surface area contributed by atoms with Crippen LogP contribution in [0.2, 0.25) is 5.02 Å². The molecule has 1 fully saturated rings. The number of amides is 2. The normalized spacial score (nSPS) is 16.6. The number of unbranched alkanes of at least 4 members (excludes halogenated alkanes) is 1. The lowest BCUT2D eigenvalue weighted by molar-refractivity contribution is 0.0370. The maximum absolute atomic E-state index is 12.3. The summed E-state index contributed by atoms with van der Waals surface area (Å²) >= 11 is 5.89. The minimum atomic E-state index is -0.0381. The van der Waals surface area contributed by atoms with E-state index in [1.165, 1.54) is 0 Å². The average Bonchev–Trinajstić information content (AvgIpc) is 2.60. The van der Waals surface area contributed by atoms with Crippen LogP contribution in [0, 0.1) is 0 Å². The van der Waals surface area contributed by atoms with Crippen molar-refractivity contribution in [2.75, 3.05) is 46.4 Å². The molecular weight excluding hydrogens is 326 g/mol. The molecule has 2 amide bonds. The SMILES string of the molecule is C[C@@H](NC(=O)N(C)CCCCN1CCOCC1)c1ccc(Cl)cc1. The molecule has 1 aromatic rings. The van der Waals surface area contributed by atoms with Crippen LogP contribution in [0.1, 0.15) is 31.4 Å². The molecule has 1 aromatic carbocycles. The van der Waals surface area contributed by atoms with Crippen molar-refractivity contribution in [3.05, 3.63) is 34.9 Å². The van der Waals surface area contributed by atoms with E-state index in [0.717, 1.165) is 57.8 Å². The van der Waals surface area contributed by atoms with Crippen LogP contribution in [-0.4, -0.2) is 62.3 Å².